The topological polar surface area (TPSA) is 70.4 Å². The summed E-state index contributed by atoms with van der Waals surface area (Å²) < 4.78 is 5.27. The summed E-state index contributed by atoms with van der Waals surface area (Å²) in [5.41, 5.74) is 2.50. The fourth-order valence-corrected chi connectivity index (χ4v) is 3.16. The fraction of sp³-hybridized carbons (Fsp3) is 0.238. The average molecular weight is 362 g/mol. The van der Waals surface area contributed by atoms with Crippen LogP contribution in [0.1, 0.15) is 29.0 Å². The standard InChI is InChI=1S/C21H22N4O2/c26-21(24-17-6-8-18(9-7-17)25-11-1-2-12-25)16-5-10-20(22-14-16)23-15-19-4-3-13-27-19/h3-10,13-14H,1-2,11-12,15H2,(H,22,23)(H,24,26). The number of nitrogens with zero attached hydrogens (tertiary/aromatic N) is 2. The summed E-state index contributed by atoms with van der Waals surface area (Å²) in [5, 5.41) is 6.07. The number of furan rings is 1. The third kappa shape index (κ3) is 4.28. The molecule has 1 fully saturated rings. The quantitative estimate of drug-likeness (QED) is 0.690. The molecule has 2 N–H and O–H groups in total. The number of hydrogen-bond donors (Lipinski definition) is 2. The van der Waals surface area contributed by atoms with Crippen molar-refractivity contribution in [2.75, 3.05) is 28.6 Å². The summed E-state index contributed by atoms with van der Waals surface area (Å²) >= 11 is 0. The number of hydrogen-bond acceptors (Lipinski definition) is 5. The SMILES string of the molecule is O=C(Nc1ccc(N2CCCC2)cc1)c1ccc(NCc2ccco2)nc1. The van der Waals surface area contributed by atoms with E-state index in [4.69, 9.17) is 4.42 Å². The van der Waals surface area contributed by atoms with Gasteiger partial charge in [-0.05, 0) is 61.4 Å². The van der Waals surface area contributed by atoms with Gasteiger partial charge in [0.2, 0.25) is 0 Å². The highest BCUT2D eigenvalue weighted by atomic mass is 16.3. The lowest BCUT2D eigenvalue weighted by Crippen LogP contribution is -2.17. The van der Waals surface area contributed by atoms with E-state index in [9.17, 15) is 4.79 Å². The molecular weight excluding hydrogens is 340 g/mol. The lowest BCUT2D eigenvalue weighted by molar-refractivity contribution is 0.102. The maximum Gasteiger partial charge on any atom is 0.257 e. The molecule has 138 valence electrons. The van der Waals surface area contributed by atoms with Crippen LogP contribution in [0.2, 0.25) is 0 Å². The van der Waals surface area contributed by atoms with Gasteiger partial charge in [-0.1, -0.05) is 0 Å². The zero-order chi connectivity index (χ0) is 18.5. The van der Waals surface area contributed by atoms with Gasteiger partial charge in [0.15, 0.2) is 0 Å². The molecule has 6 nitrogen and oxygen atoms in total. The molecule has 3 heterocycles. The van der Waals surface area contributed by atoms with Crippen molar-refractivity contribution in [2.24, 2.45) is 0 Å². The zero-order valence-electron chi connectivity index (χ0n) is 15.0. The summed E-state index contributed by atoms with van der Waals surface area (Å²) in [5.74, 6) is 1.35. The molecule has 6 heteroatoms. The van der Waals surface area contributed by atoms with Crippen LogP contribution in [-0.4, -0.2) is 24.0 Å². The van der Waals surface area contributed by atoms with Crippen molar-refractivity contribution < 1.29 is 9.21 Å². The van der Waals surface area contributed by atoms with Crippen LogP contribution in [0.4, 0.5) is 17.2 Å². The van der Waals surface area contributed by atoms with Gasteiger partial charge in [-0.2, -0.15) is 0 Å². The number of rotatable bonds is 6. The van der Waals surface area contributed by atoms with Gasteiger partial charge in [0.25, 0.3) is 5.91 Å². The largest absolute Gasteiger partial charge is 0.467 e. The normalized spacial score (nSPS) is 13.6. The number of benzene rings is 1. The minimum absolute atomic E-state index is 0.172. The highest BCUT2D eigenvalue weighted by molar-refractivity contribution is 6.04. The van der Waals surface area contributed by atoms with E-state index in [1.807, 2.05) is 24.3 Å². The van der Waals surface area contributed by atoms with Gasteiger partial charge in [0.05, 0.1) is 18.4 Å². The average Bonchev–Trinajstić information content (AvgIpc) is 3.41. The van der Waals surface area contributed by atoms with Crippen molar-refractivity contribution in [1.29, 1.82) is 0 Å². The van der Waals surface area contributed by atoms with E-state index >= 15 is 0 Å². The van der Waals surface area contributed by atoms with E-state index in [2.05, 4.69) is 32.7 Å². The van der Waals surface area contributed by atoms with Gasteiger partial charge in [-0.15, -0.1) is 0 Å². The molecule has 4 rings (SSSR count). The summed E-state index contributed by atoms with van der Waals surface area (Å²) in [6.07, 6.45) is 5.70. The number of anilines is 3. The predicted octanol–water partition coefficient (Wildman–Crippen LogP) is 4.14. The van der Waals surface area contributed by atoms with Gasteiger partial charge in [-0.3, -0.25) is 4.79 Å². The third-order valence-corrected chi connectivity index (χ3v) is 4.65. The molecule has 0 radical (unpaired) electrons. The predicted molar refractivity (Wildman–Crippen MR) is 106 cm³/mol. The van der Waals surface area contributed by atoms with Crippen LogP contribution >= 0.6 is 0 Å². The smallest absolute Gasteiger partial charge is 0.257 e. The molecule has 0 bridgehead atoms. The Balaban J connectivity index is 1.33. The Bertz CT molecular complexity index is 868. The molecule has 1 aliphatic heterocycles. The zero-order valence-corrected chi connectivity index (χ0v) is 15.0. The Morgan fingerprint density at radius 3 is 2.56 bits per heavy atom. The molecular formula is C21H22N4O2. The second kappa shape index (κ2) is 7.95. The van der Waals surface area contributed by atoms with E-state index in [0.29, 0.717) is 17.9 Å². The van der Waals surface area contributed by atoms with E-state index in [-0.39, 0.29) is 5.91 Å². The van der Waals surface area contributed by atoms with E-state index in [1.54, 1.807) is 24.6 Å². The molecule has 0 spiro atoms. The molecule has 0 aliphatic carbocycles. The molecule has 3 aromatic rings. The number of carbonyl (C=O) groups excluding carboxylic acids is 1. The monoisotopic (exact) mass is 362 g/mol. The number of amides is 1. The maximum atomic E-state index is 12.4. The maximum absolute atomic E-state index is 12.4. The van der Waals surface area contributed by atoms with Crippen LogP contribution in [0.25, 0.3) is 0 Å². The van der Waals surface area contributed by atoms with E-state index < -0.39 is 0 Å². The minimum atomic E-state index is -0.172. The summed E-state index contributed by atoms with van der Waals surface area (Å²) in [4.78, 5) is 19.1. The summed E-state index contributed by atoms with van der Waals surface area (Å²) in [6.45, 7) is 2.77. The highest BCUT2D eigenvalue weighted by Gasteiger charge is 2.12. The highest BCUT2D eigenvalue weighted by Crippen LogP contribution is 2.22. The van der Waals surface area contributed by atoms with E-state index in [0.717, 1.165) is 24.5 Å². The van der Waals surface area contributed by atoms with Crippen molar-refractivity contribution >= 4 is 23.1 Å². The number of carbonyl (C=O) groups is 1. The van der Waals surface area contributed by atoms with Crippen molar-refractivity contribution in [2.45, 2.75) is 19.4 Å². The van der Waals surface area contributed by atoms with Crippen molar-refractivity contribution in [3.63, 3.8) is 0 Å². The molecule has 0 unspecified atom stereocenters. The first-order valence-electron chi connectivity index (χ1n) is 9.16. The first-order valence-corrected chi connectivity index (χ1v) is 9.16. The summed E-state index contributed by atoms with van der Waals surface area (Å²) in [6, 6.07) is 15.3. The molecule has 1 aromatic carbocycles. The van der Waals surface area contributed by atoms with Crippen molar-refractivity contribution in [3.05, 3.63) is 72.3 Å². The second-order valence-electron chi connectivity index (χ2n) is 6.56. The Morgan fingerprint density at radius 1 is 1.07 bits per heavy atom. The molecule has 1 saturated heterocycles. The third-order valence-electron chi connectivity index (χ3n) is 4.65. The van der Waals surface area contributed by atoms with Crippen LogP contribution in [-0.2, 0) is 6.54 Å². The van der Waals surface area contributed by atoms with Gasteiger partial charge >= 0.3 is 0 Å². The Labute approximate surface area is 158 Å². The van der Waals surface area contributed by atoms with E-state index in [1.165, 1.54) is 18.5 Å². The van der Waals surface area contributed by atoms with Crippen molar-refractivity contribution in [3.8, 4) is 0 Å². The van der Waals surface area contributed by atoms with Crippen LogP contribution in [0.5, 0.6) is 0 Å². The fourth-order valence-electron chi connectivity index (χ4n) is 3.16. The Kier molecular flexibility index (Phi) is 5.05. The van der Waals surface area contributed by atoms with Gasteiger partial charge < -0.3 is 20.0 Å². The van der Waals surface area contributed by atoms with Crippen LogP contribution in [0.15, 0.2) is 65.4 Å². The van der Waals surface area contributed by atoms with Gasteiger partial charge in [0, 0.05) is 30.7 Å². The van der Waals surface area contributed by atoms with Crippen LogP contribution in [0, 0.1) is 0 Å². The lowest BCUT2D eigenvalue weighted by atomic mass is 10.2. The number of pyridine rings is 1. The Hall–Kier alpha value is -3.28. The van der Waals surface area contributed by atoms with Crippen LogP contribution in [0.3, 0.4) is 0 Å². The molecule has 0 atom stereocenters. The van der Waals surface area contributed by atoms with Crippen molar-refractivity contribution in [1.82, 2.24) is 4.98 Å². The van der Waals surface area contributed by atoms with Gasteiger partial charge in [-0.25, -0.2) is 4.98 Å². The first-order chi connectivity index (χ1) is 13.3. The molecule has 27 heavy (non-hydrogen) atoms. The lowest BCUT2D eigenvalue weighted by Gasteiger charge is -2.17. The summed E-state index contributed by atoms with van der Waals surface area (Å²) in [7, 11) is 0. The molecule has 1 amide bonds. The number of nitrogens with one attached hydrogen (secondary N) is 2. The second-order valence-corrected chi connectivity index (χ2v) is 6.56. The first kappa shape index (κ1) is 17.1. The number of aromatic nitrogens is 1. The van der Waals surface area contributed by atoms with Gasteiger partial charge in [0.1, 0.15) is 11.6 Å². The molecule has 0 saturated carbocycles. The molecule has 1 aliphatic rings. The Morgan fingerprint density at radius 2 is 1.89 bits per heavy atom. The van der Waals surface area contributed by atoms with Crippen LogP contribution < -0.4 is 15.5 Å². The molecule has 2 aromatic heterocycles. The minimum Gasteiger partial charge on any atom is -0.467 e.